The van der Waals surface area contributed by atoms with Crippen molar-refractivity contribution in [2.45, 2.75) is 45.8 Å². The fourth-order valence-electron chi connectivity index (χ4n) is 4.33. The molecule has 2 aliphatic heterocycles. The topological polar surface area (TPSA) is 61.9 Å². The quantitative estimate of drug-likeness (QED) is 0.774. The van der Waals surface area contributed by atoms with Gasteiger partial charge in [-0.25, -0.2) is 9.18 Å². The molecule has 0 radical (unpaired) electrons. The van der Waals surface area contributed by atoms with Crippen molar-refractivity contribution in [1.29, 1.82) is 0 Å². The van der Waals surface area contributed by atoms with E-state index in [0.717, 1.165) is 29.0 Å². The molecule has 1 unspecified atom stereocenters. The number of amides is 3. The van der Waals surface area contributed by atoms with E-state index in [2.05, 4.69) is 12.2 Å². The van der Waals surface area contributed by atoms with Gasteiger partial charge < -0.3 is 15.0 Å². The third-order valence-electron chi connectivity index (χ3n) is 6.26. The third-order valence-corrected chi connectivity index (χ3v) is 6.26. The molecule has 2 heterocycles. The van der Waals surface area contributed by atoms with Crippen LogP contribution in [0, 0.1) is 18.7 Å². The molecule has 0 aliphatic carbocycles. The van der Waals surface area contributed by atoms with Crippen LogP contribution < -0.4 is 15.0 Å². The maximum atomic E-state index is 13.4. The lowest BCUT2D eigenvalue weighted by Gasteiger charge is -2.39. The summed E-state index contributed by atoms with van der Waals surface area (Å²) >= 11 is 0. The number of hydrogen-bond donors (Lipinski definition) is 1. The van der Waals surface area contributed by atoms with Gasteiger partial charge in [0, 0.05) is 25.6 Å². The van der Waals surface area contributed by atoms with Crippen molar-refractivity contribution in [3.63, 3.8) is 0 Å². The number of halogens is 1. The first kappa shape index (κ1) is 22.1. The lowest BCUT2D eigenvalue weighted by Crippen LogP contribution is -2.52. The highest BCUT2D eigenvalue weighted by Gasteiger charge is 2.34. The molecule has 1 fully saturated rings. The Bertz CT molecular complexity index is 988. The van der Waals surface area contributed by atoms with Crippen LogP contribution in [0.1, 0.15) is 37.3 Å². The Hall–Kier alpha value is -3.09. The first-order valence-electron chi connectivity index (χ1n) is 11.3. The molecule has 4 rings (SSSR count). The van der Waals surface area contributed by atoms with Crippen molar-refractivity contribution < 1.29 is 18.7 Å². The number of nitrogens with zero attached hydrogens (tertiary/aromatic N) is 2. The van der Waals surface area contributed by atoms with Gasteiger partial charge in [-0.3, -0.25) is 9.69 Å². The Morgan fingerprint density at radius 3 is 2.66 bits per heavy atom. The summed E-state index contributed by atoms with van der Waals surface area (Å²) in [6.07, 6.45) is 2.02. The number of benzene rings is 2. The number of rotatable bonds is 4. The van der Waals surface area contributed by atoms with Crippen LogP contribution >= 0.6 is 0 Å². The molecule has 0 saturated carbocycles. The van der Waals surface area contributed by atoms with E-state index in [4.69, 9.17) is 4.74 Å². The monoisotopic (exact) mass is 439 g/mol. The molecule has 170 valence electrons. The molecule has 3 amide bonds. The van der Waals surface area contributed by atoms with Crippen molar-refractivity contribution in [1.82, 2.24) is 10.2 Å². The zero-order valence-corrected chi connectivity index (χ0v) is 18.6. The smallest absolute Gasteiger partial charge is 0.324 e. The van der Waals surface area contributed by atoms with Gasteiger partial charge >= 0.3 is 6.03 Å². The van der Waals surface area contributed by atoms with Crippen LogP contribution in [0.2, 0.25) is 0 Å². The Morgan fingerprint density at radius 1 is 1.16 bits per heavy atom. The normalized spacial score (nSPS) is 18.7. The summed E-state index contributed by atoms with van der Waals surface area (Å²) in [5.74, 6) is 0.248. The van der Waals surface area contributed by atoms with Crippen molar-refractivity contribution in [2.75, 3.05) is 24.5 Å². The van der Waals surface area contributed by atoms with Gasteiger partial charge in [0.1, 0.15) is 17.7 Å². The SMILES string of the molecule is CCC1CN(C(=O)N2CCC(C(=O)NCc3cccc(F)c3)CC2)c2cc(C)ccc2O1. The molecule has 1 N–H and O–H groups in total. The number of ether oxygens (including phenoxy) is 1. The number of piperidine rings is 1. The molecule has 2 aromatic carbocycles. The van der Waals surface area contributed by atoms with Gasteiger partial charge in [-0.05, 0) is 61.6 Å². The minimum atomic E-state index is -0.311. The number of fused-ring (bicyclic) bond motifs is 1. The molecular formula is C25H30FN3O3. The van der Waals surface area contributed by atoms with E-state index in [0.29, 0.717) is 39.0 Å². The van der Waals surface area contributed by atoms with Gasteiger partial charge in [0.2, 0.25) is 5.91 Å². The highest BCUT2D eigenvalue weighted by molar-refractivity contribution is 5.94. The largest absolute Gasteiger partial charge is 0.486 e. The van der Waals surface area contributed by atoms with Gasteiger partial charge in [-0.15, -0.1) is 0 Å². The first-order chi connectivity index (χ1) is 15.4. The van der Waals surface area contributed by atoms with Gasteiger partial charge in [0.15, 0.2) is 0 Å². The predicted octanol–water partition coefficient (Wildman–Crippen LogP) is 4.26. The predicted molar refractivity (Wildman–Crippen MR) is 121 cm³/mol. The van der Waals surface area contributed by atoms with Crippen molar-refractivity contribution in [3.8, 4) is 5.75 Å². The number of urea groups is 1. The number of carbonyl (C=O) groups excluding carboxylic acids is 2. The zero-order valence-electron chi connectivity index (χ0n) is 18.6. The van der Waals surface area contributed by atoms with Crippen molar-refractivity contribution in [2.24, 2.45) is 5.92 Å². The molecule has 1 atom stereocenters. The van der Waals surface area contributed by atoms with E-state index in [-0.39, 0.29) is 29.8 Å². The highest BCUT2D eigenvalue weighted by Crippen LogP contribution is 2.36. The Labute approximate surface area is 188 Å². The van der Waals surface area contributed by atoms with Crippen LogP contribution in [0.4, 0.5) is 14.9 Å². The fraction of sp³-hybridized carbons (Fsp3) is 0.440. The number of carbonyl (C=O) groups is 2. The Balaban J connectivity index is 1.35. The lowest BCUT2D eigenvalue weighted by molar-refractivity contribution is -0.126. The number of hydrogen-bond acceptors (Lipinski definition) is 3. The number of anilines is 1. The summed E-state index contributed by atoms with van der Waals surface area (Å²) in [6.45, 7) is 5.96. The summed E-state index contributed by atoms with van der Waals surface area (Å²) in [6, 6.07) is 12.1. The third kappa shape index (κ3) is 4.87. The maximum absolute atomic E-state index is 13.4. The molecule has 7 heteroatoms. The molecule has 0 aromatic heterocycles. The summed E-state index contributed by atoms with van der Waals surface area (Å²) < 4.78 is 19.4. The van der Waals surface area contributed by atoms with Gasteiger partial charge in [-0.1, -0.05) is 25.1 Å². The standard InChI is InChI=1S/C25H30FN3O3/c1-3-21-16-29(22-13-17(2)7-8-23(22)32-21)25(31)28-11-9-19(10-12-28)24(30)27-15-18-5-4-6-20(26)14-18/h4-8,13-14,19,21H,3,9-12,15-16H2,1-2H3,(H,27,30). The van der Waals surface area contributed by atoms with Crippen LogP contribution in [-0.2, 0) is 11.3 Å². The molecule has 0 spiro atoms. The van der Waals surface area contributed by atoms with E-state index in [1.807, 2.05) is 34.9 Å². The van der Waals surface area contributed by atoms with E-state index in [1.54, 1.807) is 12.1 Å². The van der Waals surface area contributed by atoms with Crippen LogP contribution in [0.15, 0.2) is 42.5 Å². The van der Waals surface area contributed by atoms with E-state index in [1.165, 1.54) is 12.1 Å². The summed E-state index contributed by atoms with van der Waals surface area (Å²) in [4.78, 5) is 29.6. The zero-order chi connectivity index (χ0) is 22.7. The molecule has 6 nitrogen and oxygen atoms in total. The minimum Gasteiger partial charge on any atom is -0.486 e. The van der Waals surface area contributed by atoms with Gasteiger partial charge in [0.25, 0.3) is 0 Å². The van der Waals surface area contributed by atoms with Crippen LogP contribution in [0.25, 0.3) is 0 Å². The summed E-state index contributed by atoms with van der Waals surface area (Å²) in [5, 5.41) is 2.90. The highest BCUT2D eigenvalue weighted by atomic mass is 19.1. The maximum Gasteiger partial charge on any atom is 0.324 e. The average Bonchev–Trinajstić information content (AvgIpc) is 2.81. The van der Waals surface area contributed by atoms with Crippen molar-refractivity contribution >= 4 is 17.6 Å². The molecule has 2 aromatic rings. The van der Waals surface area contributed by atoms with Crippen LogP contribution in [0.5, 0.6) is 5.75 Å². The molecule has 0 bridgehead atoms. The van der Waals surface area contributed by atoms with E-state index in [9.17, 15) is 14.0 Å². The van der Waals surface area contributed by atoms with Gasteiger partial charge in [0.05, 0.1) is 12.2 Å². The number of nitrogens with one attached hydrogen (secondary N) is 1. The van der Waals surface area contributed by atoms with E-state index < -0.39 is 0 Å². The number of aryl methyl sites for hydroxylation is 1. The molecule has 32 heavy (non-hydrogen) atoms. The van der Waals surface area contributed by atoms with Crippen molar-refractivity contribution in [3.05, 3.63) is 59.4 Å². The summed E-state index contributed by atoms with van der Waals surface area (Å²) in [5.41, 5.74) is 2.63. The second-order valence-corrected chi connectivity index (χ2v) is 8.62. The lowest BCUT2D eigenvalue weighted by atomic mass is 9.96. The second kappa shape index (κ2) is 9.59. The average molecular weight is 440 g/mol. The second-order valence-electron chi connectivity index (χ2n) is 8.62. The Morgan fingerprint density at radius 2 is 1.94 bits per heavy atom. The van der Waals surface area contributed by atoms with E-state index >= 15 is 0 Å². The molecular weight excluding hydrogens is 409 g/mol. The number of likely N-dealkylation sites (tertiary alicyclic amines) is 1. The first-order valence-corrected chi connectivity index (χ1v) is 11.3. The fourth-order valence-corrected chi connectivity index (χ4v) is 4.33. The van der Waals surface area contributed by atoms with Crippen LogP contribution in [0.3, 0.4) is 0 Å². The molecule has 2 aliphatic rings. The summed E-state index contributed by atoms with van der Waals surface area (Å²) in [7, 11) is 0. The molecule has 1 saturated heterocycles. The van der Waals surface area contributed by atoms with Crippen LogP contribution in [-0.4, -0.2) is 42.6 Å². The minimum absolute atomic E-state index is 0.0275. The van der Waals surface area contributed by atoms with Gasteiger partial charge in [-0.2, -0.15) is 0 Å². The Kier molecular flexibility index (Phi) is 6.63.